The van der Waals surface area contributed by atoms with Crippen LogP contribution in [-0.2, 0) is 0 Å². The Balaban J connectivity index is 1.13. The van der Waals surface area contributed by atoms with E-state index in [0.717, 1.165) is 55.8 Å². The van der Waals surface area contributed by atoms with Gasteiger partial charge in [0, 0.05) is 38.6 Å². The molecule has 2 heterocycles. The minimum Gasteiger partial charge on any atom is -0.456 e. The molecule has 0 bridgehead atoms. The van der Waals surface area contributed by atoms with Gasteiger partial charge in [-0.25, -0.2) is 0 Å². The molecule has 0 saturated carbocycles. The summed E-state index contributed by atoms with van der Waals surface area (Å²) < 4.78 is 8.64. The number of hydrogen-bond acceptors (Lipinski definition) is 2. The fourth-order valence-corrected chi connectivity index (χ4v) is 8.31. The van der Waals surface area contributed by atoms with Crippen LogP contribution < -0.4 is 4.90 Å². The summed E-state index contributed by atoms with van der Waals surface area (Å²) >= 11 is 0. The number of fused-ring (bicyclic) bond motifs is 9. The van der Waals surface area contributed by atoms with Crippen LogP contribution in [-0.4, -0.2) is 4.57 Å². The highest BCUT2D eigenvalue weighted by Gasteiger charge is 2.21. The van der Waals surface area contributed by atoms with Crippen molar-refractivity contribution in [3.8, 4) is 16.8 Å². The lowest BCUT2D eigenvalue weighted by Crippen LogP contribution is -2.10. The van der Waals surface area contributed by atoms with E-state index in [9.17, 15) is 0 Å². The molecule has 0 aliphatic carbocycles. The lowest BCUT2D eigenvalue weighted by molar-refractivity contribution is 0.669. The van der Waals surface area contributed by atoms with Gasteiger partial charge >= 0.3 is 0 Å². The molecule has 0 saturated heterocycles. The van der Waals surface area contributed by atoms with Crippen LogP contribution in [0, 0.1) is 0 Å². The van der Waals surface area contributed by atoms with Crippen LogP contribution >= 0.6 is 0 Å². The molecule has 0 spiro atoms. The summed E-state index contributed by atoms with van der Waals surface area (Å²) in [6.45, 7) is 0. The van der Waals surface area contributed by atoms with E-state index < -0.39 is 0 Å². The third-order valence-corrected chi connectivity index (χ3v) is 10.8. The number of anilines is 3. The molecule has 53 heavy (non-hydrogen) atoms. The van der Waals surface area contributed by atoms with Gasteiger partial charge in [-0.1, -0.05) is 121 Å². The molecule has 11 rings (SSSR count). The van der Waals surface area contributed by atoms with Crippen LogP contribution in [0.1, 0.15) is 0 Å². The first-order chi connectivity index (χ1) is 26.3. The number of nitrogens with zero attached hydrogens (tertiary/aromatic N) is 2. The molecule has 0 unspecified atom stereocenters. The van der Waals surface area contributed by atoms with E-state index in [0.29, 0.717) is 0 Å². The molecule has 0 amide bonds. The predicted octanol–water partition coefficient (Wildman–Crippen LogP) is 14.1. The third-order valence-electron chi connectivity index (χ3n) is 10.8. The van der Waals surface area contributed by atoms with E-state index in [1.807, 2.05) is 12.1 Å². The third kappa shape index (κ3) is 4.68. The van der Waals surface area contributed by atoms with E-state index in [2.05, 4.69) is 191 Å². The average Bonchev–Trinajstić information content (AvgIpc) is 3.77. The van der Waals surface area contributed by atoms with Gasteiger partial charge in [-0.05, 0) is 105 Å². The Morgan fingerprint density at radius 3 is 1.89 bits per heavy atom. The SMILES string of the molecule is c1ccc(-n2c3ccccc3c3c(N(c4ccc(-c5ccc6c(c5)oc5ccccc56)cc4)c4ccc5ccc6ccccc6c5c4)cccc32)cc1. The molecular formula is C50H32N2O. The monoisotopic (exact) mass is 676 g/mol. The number of aromatic nitrogens is 1. The van der Waals surface area contributed by atoms with E-state index >= 15 is 0 Å². The second-order valence-corrected chi connectivity index (χ2v) is 13.7. The van der Waals surface area contributed by atoms with Crippen LogP contribution in [0.5, 0.6) is 0 Å². The topological polar surface area (TPSA) is 21.3 Å². The van der Waals surface area contributed by atoms with Crippen LogP contribution in [0.15, 0.2) is 199 Å². The molecule has 11 aromatic rings. The normalized spacial score (nSPS) is 11.8. The summed E-state index contributed by atoms with van der Waals surface area (Å²) in [5.74, 6) is 0. The van der Waals surface area contributed by atoms with Gasteiger partial charge in [0.1, 0.15) is 11.2 Å². The molecule has 0 N–H and O–H groups in total. The quantitative estimate of drug-likeness (QED) is 0.169. The lowest BCUT2D eigenvalue weighted by Gasteiger charge is -2.27. The van der Waals surface area contributed by atoms with Crippen molar-refractivity contribution in [1.29, 1.82) is 0 Å². The van der Waals surface area contributed by atoms with Crippen LogP contribution in [0.2, 0.25) is 0 Å². The summed E-state index contributed by atoms with van der Waals surface area (Å²) in [7, 11) is 0. The smallest absolute Gasteiger partial charge is 0.136 e. The standard InChI is InChI=1S/C50H32N2O/c1-2-12-37(13-3-1)52-45-17-8-6-16-43(45)50-46(18-10-19-47(50)52)51(39-29-25-35-22-21-34-11-4-5-14-40(34)44(35)32-39)38-27-23-33(24-28-38)36-26-30-42-41-15-7-9-20-48(41)53-49(42)31-36/h1-32H. The molecule has 2 aromatic heterocycles. The van der Waals surface area contributed by atoms with Gasteiger partial charge in [0.15, 0.2) is 0 Å². The molecule has 0 radical (unpaired) electrons. The van der Waals surface area contributed by atoms with Gasteiger partial charge in [0.25, 0.3) is 0 Å². The first-order valence-electron chi connectivity index (χ1n) is 18.1. The molecular weight excluding hydrogens is 645 g/mol. The molecule has 9 aromatic carbocycles. The van der Waals surface area contributed by atoms with Crippen molar-refractivity contribution in [1.82, 2.24) is 4.57 Å². The van der Waals surface area contributed by atoms with Crippen molar-refractivity contribution in [3.63, 3.8) is 0 Å². The number of benzene rings is 9. The highest BCUT2D eigenvalue weighted by molar-refractivity contribution is 6.17. The van der Waals surface area contributed by atoms with Crippen molar-refractivity contribution < 1.29 is 4.42 Å². The van der Waals surface area contributed by atoms with Crippen molar-refractivity contribution >= 4 is 82.4 Å². The van der Waals surface area contributed by atoms with Gasteiger partial charge in [-0.15, -0.1) is 0 Å². The van der Waals surface area contributed by atoms with E-state index in [-0.39, 0.29) is 0 Å². The first-order valence-corrected chi connectivity index (χ1v) is 18.1. The van der Waals surface area contributed by atoms with E-state index in [4.69, 9.17) is 4.42 Å². The highest BCUT2D eigenvalue weighted by atomic mass is 16.3. The van der Waals surface area contributed by atoms with E-state index in [1.165, 1.54) is 43.4 Å². The second-order valence-electron chi connectivity index (χ2n) is 13.7. The maximum atomic E-state index is 6.26. The van der Waals surface area contributed by atoms with Gasteiger partial charge in [-0.3, -0.25) is 0 Å². The van der Waals surface area contributed by atoms with Crippen molar-refractivity contribution in [2.45, 2.75) is 0 Å². The molecule has 0 fully saturated rings. The second kappa shape index (κ2) is 11.7. The molecule has 0 aliphatic heterocycles. The Bertz CT molecular complexity index is 3170. The maximum Gasteiger partial charge on any atom is 0.136 e. The van der Waals surface area contributed by atoms with Gasteiger partial charge < -0.3 is 13.9 Å². The number of furan rings is 1. The van der Waals surface area contributed by atoms with E-state index in [1.54, 1.807) is 0 Å². The zero-order valence-corrected chi connectivity index (χ0v) is 28.8. The summed E-state index contributed by atoms with van der Waals surface area (Å²) in [6.07, 6.45) is 0. The van der Waals surface area contributed by atoms with Crippen molar-refractivity contribution in [2.75, 3.05) is 4.90 Å². The zero-order chi connectivity index (χ0) is 34.9. The van der Waals surface area contributed by atoms with Gasteiger partial charge in [0.2, 0.25) is 0 Å². The summed E-state index contributed by atoms with van der Waals surface area (Å²) in [6, 6.07) is 69.9. The molecule has 0 aliphatic rings. The predicted molar refractivity (Wildman–Crippen MR) is 223 cm³/mol. The first kappa shape index (κ1) is 29.6. The Hall–Kier alpha value is -7.10. The Labute approximate surface area is 306 Å². The fraction of sp³-hybridized carbons (Fsp3) is 0. The Morgan fingerprint density at radius 2 is 1.02 bits per heavy atom. The number of hydrogen-bond donors (Lipinski definition) is 0. The van der Waals surface area contributed by atoms with Crippen LogP contribution in [0.25, 0.3) is 82.1 Å². The fourth-order valence-electron chi connectivity index (χ4n) is 8.31. The van der Waals surface area contributed by atoms with Gasteiger partial charge in [0.05, 0.1) is 16.7 Å². The number of para-hydroxylation sites is 3. The molecule has 0 atom stereocenters. The van der Waals surface area contributed by atoms with Gasteiger partial charge in [-0.2, -0.15) is 0 Å². The van der Waals surface area contributed by atoms with Crippen molar-refractivity contribution in [3.05, 3.63) is 194 Å². The maximum absolute atomic E-state index is 6.26. The minimum absolute atomic E-state index is 0.902. The molecule has 3 heteroatoms. The zero-order valence-electron chi connectivity index (χ0n) is 28.8. The largest absolute Gasteiger partial charge is 0.456 e. The summed E-state index contributed by atoms with van der Waals surface area (Å²) in [5.41, 5.74) is 10.9. The average molecular weight is 677 g/mol. The summed E-state index contributed by atoms with van der Waals surface area (Å²) in [5, 5.41) is 9.66. The highest BCUT2D eigenvalue weighted by Crippen LogP contribution is 2.45. The lowest BCUT2D eigenvalue weighted by atomic mass is 10.00. The Kier molecular flexibility index (Phi) is 6.55. The van der Waals surface area contributed by atoms with Crippen molar-refractivity contribution in [2.24, 2.45) is 0 Å². The summed E-state index contributed by atoms with van der Waals surface area (Å²) in [4.78, 5) is 2.43. The Morgan fingerprint density at radius 1 is 0.377 bits per heavy atom. The van der Waals surface area contributed by atoms with Crippen LogP contribution in [0.3, 0.4) is 0 Å². The minimum atomic E-state index is 0.902. The number of rotatable bonds is 5. The van der Waals surface area contributed by atoms with Crippen LogP contribution in [0.4, 0.5) is 17.1 Å². The molecule has 248 valence electrons. The molecule has 3 nitrogen and oxygen atoms in total.